The zero-order valence-corrected chi connectivity index (χ0v) is 18.2. The summed E-state index contributed by atoms with van der Waals surface area (Å²) < 4.78 is 5.14. The van der Waals surface area contributed by atoms with Crippen molar-refractivity contribution in [1.29, 1.82) is 0 Å². The molecule has 3 aromatic carbocycles. The fraction of sp³-hybridized carbons (Fsp3) is 0.148. The SMILES string of the molecule is CCCCOC(=O)c1[nH]c(=O)c2cc(N=C(c3ccccc3)c3ccccc3)ccc2c1O. The Bertz CT molecular complexity index is 1320. The standard InChI is InChI=1S/C27H24N2O4/c1-2-3-16-33-27(32)24-25(30)21-15-14-20(17-22(21)26(31)29-24)28-23(18-10-6-4-7-11-18)19-12-8-5-9-13-19/h4-15,17,30H,2-3,16H2,1H3,(H,29,31). The van der Waals surface area contributed by atoms with Gasteiger partial charge in [0.25, 0.3) is 5.56 Å². The van der Waals surface area contributed by atoms with Crippen LogP contribution in [0.25, 0.3) is 10.8 Å². The second kappa shape index (κ2) is 9.96. The molecule has 0 amide bonds. The van der Waals surface area contributed by atoms with E-state index < -0.39 is 11.5 Å². The molecule has 0 atom stereocenters. The van der Waals surface area contributed by atoms with Crippen molar-refractivity contribution in [2.45, 2.75) is 19.8 Å². The summed E-state index contributed by atoms with van der Waals surface area (Å²) in [5.74, 6) is -1.06. The van der Waals surface area contributed by atoms with Crippen molar-refractivity contribution in [3.8, 4) is 5.75 Å². The largest absolute Gasteiger partial charge is 0.505 e. The quantitative estimate of drug-likeness (QED) is 0.230. The average molecular weight is 440 g/mol. The van der Waals surface area contributed by atoms with Gasteiger partial charge in [0.15, 0.2) is 11.4 Å². The number of aromatic nitrogens is 1. The minimum atomic E-state index is -0.752. The number of aromatic amines is 1. The minimum absolute atomic E-state index is 0.226. The Balaban J connectivity index is 1.78. The summed E-state index contributed by atoms with van der Waals surface area (Å²) in [4.78, 5) is 32.3. The molecule has 6 heteroatoms. The van der Waals surface area contributed by atoms with Crippen LogP contribution in [-0.2, 0) is 4.74 Å². The maximum atomic E-state index is 12.7. The first-order valence-corrected chi connectivity index (χ1v) is 10.8. The number of nitrogens with zero attached hydrogens (tertiary/aromatic N) is 1. The van der Waals surface area contributed by atoms with Crippen LogP contribution in [0.5, 0.6) is 5.75 Å². The Morgan fingerprint density at radius 1 is 0.939 bits per heavy atom. The Labute approximate surface area is 191 Å². The number of carbonyl (C=O) groups excluding carboxylic acids is 1. The van der Waals surface area contributed by atoms with E-state index in [0.29, 0.717) is 12.1 Å². The van der Waals surface area contributed by atoms with Gasteiger partial charge in [0.2, 0.25) is 0 Å². The first-order valence-electron chi connectivity index (χ1n) is 10.8. The monoisotopic (exact) mass is 440 g/mol. The molecule has 1 heterocycles. The molecule has 4 rings (SSSR count). The molecule has 0 aliphatic carbocycles. The molecular formula is C27H24N2O4. The van der Waals surface area contributed by atoms with Crippen molar-refractivity contribution in [2.24, 2.45) is 4.99 Å². The van der Waals surface area contributed by atoms with Crippen LogP contribution in [0.1, 0.15) is 41.4 Å². The summed E-state index contributed by atoms with van der Waals surface area (Å²) in [5, 5.41) is 11.1. The molecule has 0 saturated heterocycles. The van der Waals surface area contributed by atoms with Crippen molar-refractivity contribution in [1.82, 2.24) is 4.98 Å². The van der Waals surface area contributed by atoms with Gasteiger partial charge in [0.1, 0.15) is 0 Å². The van der Waals surface area contributed by atoms with Gasteiger partial charge < -0.3 is 14.8 Å². The molecule has 0 fully saturated rings. The second-order valence-electron chi connectivity index (χ2n) is 7.59. The van der Waals surface area contributed by atoms with Gasteiger partial charge in [0.05, 0.1) is 23.4 Å². The highest BCUT2D eigenvalue weighted by molar-refractivity contribution is 6.14. The average Bonchev–Trinajstić information content (AvgIpc) is 2.86. The fourth-order valence-corrected chi connectivity index (χ4v) is 3.52. The first kappa shape index (κ1) is 22.0. The van der Waals surface area contributed by atoms with Gasteiger partial charge in [0, 0.05) is 16.5 Å². The molecule has 6 nitrogen and oxygen atoms in total. The topological polar surface area (TPSA) is 91.8 Å². The number of unbranched alkanes of at least 4 members (excludes halogenated alkanes) is 1. The van der Waals surface area contributed by atoms with Gasteiger partial charge in [-0.15, -0.1) is 0 Å². The molecule has 2 N–H and O–H groups in total. The molecule has 4 aromatic rings. The van der Waals surface area contributed by atoms with Gasteiger partial charge in [-0.3, -0.25) is 4.79 Å². The molecule has 0 unspecified atom stereocenters. The summed E-state index contributed by atoms with van der Waals surface area (Å²) in [5.41, 5.74) is 2.44. The highest BCUT2D eigenvalue weighted by atomic mass is 16.5. The van der Waals surface area contributed by atoms with Crippen LogP contribution in [0.3, 0.4) is 0 Å². The van der Waals surface area contributed by atoms with Crippen LogP contribution in [0, 0.1) is 0 Å². The molecule has 166 valence electrons. The van der Waals surface area contributed by atoms with Crippen molar-refractivity contribution < 1.29 is 14.6 Å². The molecule has 1 aromatic heterocycles. The molecule has 33 heavy (non-hydrogen) atoms. The fourth-order valence-electron chi connectivity index (χ4n) is 3.52. The molecule has 0 aliphatic heterocycles. The number of fused-ring (bicyclic) bond motifs is 1. The Morgan fingerprint density at radius 2 is 1.58 bits per heavy atom. The van der Waals surface area contributed by atoms with Crippen LogP contribution < -0.4 is 5.56 Å². The molecule has 0 spiro atoms. The summed E-state index contributed by atoms with van der Waals surface area (Å²) >= 11 is 0. The number of esters is 1. The lowest BCUT2D eigenvalue weighted by atomic mass is 10.0. The van der Waals surface area contributed by atoms with E-state index in [9.17, 15) is 14.7 Å². The maximum absolute atomic E-state index is 12.7. The predicted molar refractivity (Wildman–Crippen MR) is 130 cm³/mol. The minimum Gasteiger partial charge on any atom is -0.505 e. The lowest BCUT2D eigenvalue weighted by molar-refractivity contribution is 0.0489. The van der Waals surface area contributed by atoms with Gasteiger partial charge in [-0.05, 0) is 24.6 Å². The third kappa shape index (κ3) is 4.85. The zero-order valence-electron chi connectivity index (χ0n) is 18.2. The van der Waals surface area contributed by atoms with E-state index in [1.165, 1.54) is 0 Å². The Kier molecular flexibility index (Phi) is 6.64. The molecule has 0 aliphatic rings. The number of hydrogen-bond donors (Lipinski definition) is 2. The number of carbonyl (C=O) groups is 1. The Hall–Kier alpha value is -4.19. The molecule has 0 saturated carbocycles. The highest BCUT2D eigenvalue weighted by Crippen LogP contribution is 2.29. The zero-order chi connectivity index (χ0) is 23.2. The van der Waals surface area contributed by atoms with Crippen LogP contribution >= 0.6 is 0 Å². The molecule has 0 bridgehead atoms. The number of pyridine rings is 1. The van der Waals surface area contributed by atoms with E-state index in [4.69, 9.17) is 9.73 Å². The van der Waals surface area contributed by atoms with Crippen LogP contribution in [0.15, 0.2) is 88.6 Å². The lowest BCUT2D eigenvalue weighted by Gasteiger charge is -2.10. The number of benzene rings is 3. The number of ether oxygens (including phenoxy) is 1. The van der Waals surface area contributed by atoms with Crippen LogP contribution in [-0.4, -0.2) is 28.4 Å². The number of aliphatic imine (C=N–C) groups is 1. The van der Waals surface area contributed by atoms with E-state index in [-0.39, 0.29) is 28.8 Å². The van der Waals surface area contributed by atoms with E-state index >= 15 is 0 Å². The van der Waals surface area contributed by atoms with Crippen molar-refractivity contribution in [3.63, 3.8) is 0 Å². The summed E-state index contributed by atoms with van der Waals surface area (Å²) in [6.07, 6.45) is 1.57. The van der Waals surface area contributed by atoms with Gasteiger partial charge >= 0.3 is 5.97 Å². The summed E-state index contributed by atoms with van der Waals surface area (Å²) in [7, 11) is 0. The number of aromatic hydroxyl groups is 1. The number of rotatable bonds is 7. The Morgan fingerprint density at radius 3 is 2.18 bits per heavy atom. The van der Waals surface area contributed by atoms with Crippen LogP contribution in [0.4, 0.5) is 5.69 Å². The smallest absolute Gasteiger partial charge is 0.358 e. The van der Waals surface area contributed by atoms with E-state index in [2.05, 4.69) is 4.98 Å². The summed E-state index contributed by atoms with van der Waals surface area (Å²) in [6.45, 7) is 2.20. The number of H-pyrrole nitrogens is 1. The third-order valence-electron chi connectivity index (χ3n) is 5.25. The van der Waals surface area contributed by atoms with Gasteiger partial charge in [-0.1, -0.05) is 74.0 Å². The summed E-state index contributed by atoms with van der Waals surface area (Å²) in [6, 6.07) is 24.4. The van der Waals surface area contributed by atoms with Gasteiger partial charge in [-0.2, -0.15) is 0 Å². The predicted octanol–water partition coefficient (Wildman–Crippen LogP) is 5.36. The maximum Gasteiger partial charge on any atom is 0.358 e. The van der Waals surface area contributed by atoms with Crippen LogP contribution in [0.2, 0.25) is 0 Å². The van der Waals surface area contributed by atoms with E-state index in [1.54, 1.807) is 18.2 Å². The number of nitrogens with one attached hydrogen (secondary N) is 1. The highest BCUT2D eigenvalue weighted by Gasteiger charge is 2.18. The van der Waals surface area contributed by atoms with E-state index in [0.717, 1.165) is 23.3 Å². The second-order valence-corrected chi connectivity index (χ2v) is 7.59. The molecular weight excluding hydrogens is 416 g/mol. The number of hydrogen-bond acceptors (Lipinski definition) is 5. The lowest BCUT2D eigenvalue weighted by Crippen LogP contribution is -2.16. The van der Waals surface area contributed by atoms with Crippen molar-refractivity contribution in [2.75, 3.05) is 6.61 Å². The van der Waals surface area contributed by atoms with E-state index in [1.807, 2.05) is 67.6 Å². The normalized spacial score (nSPS) is 10.7. The van der Waals surface area contributed by atoms with Gasteiger partial charge in [-0.25, -0.2) is 9.79 Å². The van der Waals surface area contributed by atoms with Crippen molar-refractivity contribution in [3.05, 3.63) is 106 Å². The first-order chi connectivity index (χ1) is 16.1. The molecule has 0 radical (unpaired) electrons. The third-order valence-corrected chi connectivity index (χ3v) is 5.25. The van der Waals surface area contributed by atoms with Crippen molar-refractivity contribution >= 4 is 28.1 Å².